The average Bonchev–Trinajstić information content (AvgIpc) is 2.98. The maximum Gasteiger partial charge on any atom is 0.191 e. The lowest BCUT2D eigenvalue weighted by Gasteiger charge is -2.15. The van der Waals surface area contributed by atoms with Gasteiger partial charge in [-0.15, -0.1) is 34.2 Å². The van der Waals surface area contributed by atoms with Crippen LogP contribution in [0, 0.1) is 6.92 Å². The van der Waals surface area contributed by atoms with Crippen LogP contribution >= 0.6 is 24.0 Å². The molecule has 1 aromatic heterocycles. The Morgan fingerprint density at radius 3 is 2.74 bits per heavy atom. The summed E-state index contributed by atoms with van der Waals surface area (Å²) in [6.45, 7) is 7.76. The van der Waals surface area contributed by atoms with Crippen LogP contribution in [0.5, 0.6) is 0 Å². The molecule has 0 atom stereocenters. The fourth-order valence-corrected chi connectivity index (χ4v) is 2.91. The minimum atomic E-state index is 0. The SMILES string of the molecule is CCOCCCNC(=NCc1nnc(C)n1C)NCCC1=CCCCC1.I. The van der Waals surface area contributed by atoms with Crippen molar-refractivity contribution in [3.05, 3.63) is 23.3 Å². The first-order valence-electron chi connectivity index (χ1n) is 9.83. The number of aliphatic imine (C=N–C) groups is 1. The van der Waals surface area contributed by atoms with E-state index in [1.165, 1.54) is 25.7 Å². The molecule has 0 unspecified atom stereocenters. The van der Waals surface area contributed by atoms with E-state index in [9.17, 15) is 0 Å². The van der Waals surface area contributed by atoms with Crippen LogP contribution < -0.4 is 10.6 Å². The smallest absolute Gasteiger partial charge is 0.191 e. The first kappa shape index (κ1) is 23.9. The summed E-state index contributed by atoms with van der Waals surface area (Å²) in [6.07, 6.45) is 9.59. The molecular formula is C19H35IN6O. The Hall–Kier alpha value is -1.16. The van der Waals surface area contributed by atoms with Crippen molar-refractivity contribution in [2.45, 2.75) is 58.9 Å². The zero-order valence-corrected chi connectivity index (χ0v) is 19.3. The molecule has 0 aromatic carbocycles. The number of nitrogens with zero attached hydrogens (tertiary/aromatic N) is 4. The molecule has 1 aliphatic carbocycles. The van der Waals surface area contributed by atoms with Crippen molar-refractivity contribution in [3.8, 4) is 0 Å². The third-order valence-electron chi connectivity index (χ3n) is 4.65. The third kappa shape index (κ3) is 9.05. The van der Waals surface area contributed by atoms with Crippen LogP contribution in [0.4, 0.5) is 0 Å². The molecule has 0 amide bonds. The molecule has 2 N–H and O–H groups in total. The third-order valence-corrected chi connectivity index (χ3v) is 4.65. The van der Waals surface area contributed by atoms with Gasteiger partial charge in [-0.1, -0.05) is 11.6 Å². The molecular weight excluding hydrogens is 455 g/mol. The number of rotatable bonds is 10. The molecule has 0 fully saturated rings. The number of nitrogens with one attached hydrogen (secondary N) is 2. The van der Waals surface area contributed by atoms with Crippen molar-refractivity contribution in [2.75, 3.05) is 26.3 Å². The molecule has 2 rings (SSSR count). The topological polar surface area (TPSA) is 76.4 Å². The molecule has 1 heterocycles. The van der Waals surface area contributed by atoms with Gasteiger partial charge < -0.3 is 19.9 Å². The van der Waals surface area contributed by atoms with Crippen LogP contribution in [0.3, 0.4) is 0 Å². The number of guanidine groups is 1. The van der Waals surface area contributed by atoms with Crippen molar-refractivity contribution in [1.29, 1.82) is 0 Å². The maximum atomic E-state index is 5.39. The first-order valence-corrected chi connectivity index (χ1v) is 9.83. The highest BCUT2D eigenvalue weighted by Gasteiger charge is 2.06. The van der Waals surface area contributed by atoms with Gasteiger partial charge in [0.2, 0.25) is 0 Å². The largest absolute Gasteiger partial charge is 0.382 e. The van der Waals surface area contributed by atoms with E-state index in [-0.39, 0.29) is 24.0 Å². The Morgan fingerprint density at radius 2 is 2.07 bits per heavy atom. The number of aryl methyl sites for hydroxylation is 1. The van der Waals surface area contributed by atoms with Gasteiger partial charge in [-0.05, 0) is 52.4 Å². The Balaban J connectivity index is 0.00000364. The minimum absolute atomic E-state index is 0. The molecule has 1 aliphatic rings. The highest BCUT2D eigenvalue weighted by molar-refractivity contribution is 14.0. The van der Waals surface area contributed by atoms with Gasteiger partial charge in [-0.25, -0.2) is 4.99 Å². The van der Waals surface area contributed by atoms with E-state index in [1.807, 2.05) is 25.5 Å². The predicted molar refractivity (Wildman–Crippen MR) is 121 cm³/mol. The molecule has 0 saturated carbocycles. The second-order valence-corrected chi connectivity index (χ2v) is 6.65. The number of halogens is 1. The number of ether oxygens (including phenoxy) is 1. The van der Waals surface area contributed by atoms with Gasteiger partial charge in [0.05, 0.1) is 0 Å². The maximum absolute atomic E-state index is 5.39. The monoisotopic (exact) mass is 490 g/mol. The van der Waals surface area contributed by atoms with Gasteiger partial charge in [0.15, 0.2) is 11.8 Å². The van der Waals surface area contributed by atoms with E-state index < -0.39 is 0 Å². The summed E-state index contributed by atoms with van der Waals surface area (Å²) in [4.78, 5) is 4.68. The number of hydrogen-bond acceptors (Lipinski definition) is 4. The van der Waals surface area contributed by atoms with Crippen molar-refractivity contribution in [2.24, 2.45) is 12.0 Å². The second kappa shape index (κ2) is 13.9. The van der Waals surface area contributed by atoms with Gasteiger partial charge in [0, 0.05) is 33.4 Å². The lowest BCUT2D eigenvalue weighted by molar-refractivity contribution is 0.145. The van der Waals surface area contributed by atoms with E-state index in [0.717, 1.165) is 56.8 Å². The van der Waals surface area contributed by atoms with Crippen LogP contribution in [-0.2, 0) is 18.3 Å². The molecule has 27 heavy (non-hydrogen) atoms. The highest BCUT2D eigenvalue weighted by atomic mass is 127. The summed E-state index contributed by atoms with van der Waals surface area (Å²) in [5.74, 6) is 2.60. The molecule has 0 saturated heterocycles. The van der Waals surface area contributed by atoms with E-state index in [4.69, 9.17) is 4.74 Å². The Labute approximate surface area is 180 Å². The zero-order valence-electron chi connectivity index (χ0n) is 17.0. The van der Waals surface area contributed by atoms with Crippen LogP contribution in [0.15, 0.2) is 16.6 Å². The number of allylic oxidation sites excluding steroid dienone is 1. The van der Waals surface area contributed by atoms with Crippen LogP contribution in [0.2, 0.25) is 0 Å². The summed E-state index contributed by atoms with van der Waals surface area (Å²) in [7, 11) is 1.97. The summed E-state index contributed by atoms with van der Waals surface area (Å²) in [5, 5.41) is 15.1. The molecule has 154 valence electrons. The Morgan fingerprint density at radius 1 is 1.26 bits per heavy atom. The van der Waals surface area contributed by atoms with Gasteiger partial charge in [-0.2, -0.15) is 0 Å². The molecule has 0 bridgehead atoms. The second-order valence-electron chi connectivity index (χ2n) is 6.65. The van der Waals surface area contributed by atoms with E-state index in [1.54, 1.807) is 5.57 Å². The van der Waals surface area contributed by atoms with Crippen molar-refractivity contribution < 1.29 is 4.74 Å². The molecule has 1 aromatic rings. The Kier molecular flexibility index (Phi) is 12.3. The molecule has 0 spiro atoms. The van der Waals surface area contributed by atoms with Gasteiger partial charge in [-0.3, -0.25) is 0 Å². The fraction of sp³-hybridized carbons (Fsp3) is 0.737. The summed E-state index contributed by atoms with van der Waals surface area (Å²) in [5.41, 5.74) is 1.57. The summed E-state index contributed by atoms with van der Waals surface area (Å²) in [6, 6.07) is 0. The fourth-order valence-electron chi connectivity index (χ4n) is 2.91. The van der Waals surface area contributed by atoms with Crippen LogP contribution in [-0.4, -0.2) is 47.0 Å². The van der Waals surface area contributed by atoms with Gasteiger partial charge >= 0.3 is 0 Å². The highest BCUT2D eigenvalue weighted by Crippen LogP contribution is 2.19. The van der Waals surface area contributed by atoms with Gasteiger partial charge in [0.1, 0.15) is 12.4 Å². The Bertz CT molecular complexity index is 599. The average molecular weight is 490 g/mol. The summed E-state index contributed by atoms with van der Waals surface area (Å²) >= 11 is 0. The minimum Gasteiger partial charge on any atom is -0.382 e. The number of hydrogen-bond donors (Lipinski definition) is 2. The van der Waals surface area contributed by atoms with Crippen molar-refractivity contribution in [1.82, 2.24) is 25.4 Å². The van der Waals surface area contributed by atoms with E-state index in [0.29, 0.717) is 6.54 Å². The molecule has 8 heteroatoms. The van der Waals surface area contributed by atoms with E-state index in [2.05, 4.69) is 31.9 Å². The van der Waals surface area contributed by atoms with Crippen LogP contribution in [0.25, 0.3) is 0 Å². The standard InChI is InChI=1S/C19H34N6O.HI/c1-4-26-14-8-12-20-19(21-13-11-17-9-6-5-7-10-17)22-15-18-24-23-16(2)25(18)3;/h9H,4-8,10-15H2,1-3H3,(H2,20,21,22);1H. The number of aromatic nitrogens is 3. The predicted octanol–water partition coefficient (Wildman–Crippen LogP) is 3.09. The normalized spacial score (nSPS) is 14.5. The first-order chi connectivity index (χ1) is 12.7. The quantitative estimate of drug-likeness (QED) is 0.173. The summed E-state index contributed by atoms with van der Waals surface area (Å²) < 4.78 is 7.37. The van der Waals surface area contributed by atoms with Crippen LogP contribution in [0.1, 0.15) is 57.1 Å². The molecule has 0 aliphatic heterocycles. The van der Waals surface area contributed by atoms with Crippen molar-refractivity contribution in [3.63, 3.8) is 0 Å². The lowest BCUT2D eigenvalue weighted by Crippen LogP contribution is -2.39. The molecule has 7 nitrogen and oxygen atoms in total. The van der Waals surface area contributed by atoms with Crippen molar-refractivity contribution >= 4 is 29.9 Å². The molecule has 0 radical (unpaired) electrons. The lowest BCUT2D eigenvalue weighted by atomic mass is 9.97. The van der Waals surface area contributed by atoms with Gasteiger partial charge in [0.25, 0.3) is 0 Å². The zero-order chi connectivity index (χ0) is 18.6. The van der Waals surface area contributed by atoms with E-state index >= 15 is 0 Å².